The van der Waals surface area contributed by atoms with E-state index in [4.69, 9.17) is 9.47 Å². The second-order valence-electron chi connectivity index (χ2n) is 3.80. The fourth-order valence-electron chi connectivity index (χ4n) is 1.50. The maximum atomic E-state index is 11.5. The van der Waals surface area contributed by atoms with E-state index in [1.165, 1.54) is 0 Å². The molecule has 0 aromatic carbocycles. The lowest BCUT2D eigenvalue weighted by Crippen LogP contribution is -2.28. The Balaban J connectivity index is 4.01. The number of aliphatic hydroxyl groups excluding tert-OH is 1. The van der Waals surface area contributed by atoms with Gasteiger partial charge in [0, 0.05) is 6.42 Å². The first kappa shape index (κ1) is 15.9. The van der Waals surface area contributed by atoms with Crippen LogP contribution in [0.1, 0.15) is 40.0 Å². The second kappa shape index (κ2) is 8.98. The summed E-state index contributed by atoms with van der Waals surface area (Å²) in [7, 11) is 0. The van der Waals surface area contributed by atoms with Gasteiger partial charge in [-0.1, -0.05) is 0 Å². The molecule has 0 aromatic heterocycles. The van der Waals surface area contributed by atoms with Gasteiger partial charge >= 0.3 is 11.9 Å². The summed E-state index contributed by atoms with van der Waals surface area (Å²) in [5.41, 5.74) is 0. The van der Waals surface area contributed by atoms with E-state index in [-0.39, 0.29) is 12.4 Å². The molecule has 0 bridgehead atoms. The fraction of sp³-hybridized carbons (Fsp3) is 0.833. The van der Waals surface area contributed by atoms with E-state index in [0.29, 0.717) is 26.1 Å². The Labute approximate surface area is 102 Å². The Morgan fingerprint density at radius 3 is 2.24 bits per heavy atom. The van der Waals surface area contributed by atoms with E-state index < -0.39 is 18.0 Å². The van der Waals surface area contributed by atoms with Gasteiger partial charge in [-0.05, 0) is 33.6 Å². The highest BCUT2D eigenvalue weighted by Gasteiger charge is 2.24. The molecule has 0 spiro atoms. The van der Waals surface area contributed by atoms with Crippen LogP contribution in [0.5, 0.6) is 0 Å². The summed E-state index contributed by atoms with van der Waals surface area (Å²) in [6.07, 6.45) is 0.426. The van der Waals surface area contributed by atoms with Crippen LogP contribution >= 0.6 is 0 Å². The van der Waals surface area contributed by atoms with E-state index in [9.17, 15) is 14.7 Å². The van der Waals surface area contributed by atoms with Crippen molar-refractivity contribution in [3.05, 3.63) is 0 Å². The first-order valence-corrected chi connectivity index (χ1v) is 6.03. The van der Waals surface area contributed by atoms with Gasteiger partial charge in [0.25, 0.3) is 0 Å². The maximum Gasteiger partial charge on any atom is 0.311 e. The molecule has 0 aliphatic heterocycles. The molecule has 0 radical (unpaired) electrons. The smallest absolute Gasteiger partial charge is 0.311 e. The number of carbonyl (C=O) groups is 2. The van der Waals surface area contributed by atoms with Crippen molar-refractivity contribution in [1.82, 2.24) is 0 Å². The van der Waals surface area contributed by atoms with Crippen LogP contribution in [-0.2, 0) is 19.1 Å². The maximum absolute atomic E-state index is 11.5. The number of hydrogen-bond donors (Lipinski definition) is 1. The third-order valence-corrected chi connectivity index (χ3v) is 2.37. The number of rotatable bonds is 8. The van der Waals surface area contributed by atoms with Crippen LogP contribution in [0.2, 0.25) is 0 Å². The van der Waals surface area contributed by atoms with Crippen LogP contribution in [0.15, 0.2) is 0 Å². The lowest BCUT2D eigenvalue weighted by Gasteiger charge is -2.17. The van der Waals surface area contributed by atoms with Gasteiger partial charge in [-0.25, -0.2) is 0 Å². The molecule has 2 atom stereocenters. The van der Waals surface area contributed by atoms with Crippen LogP contribution in [0.25, 0.3) is 0 Å². The van der Waals surface area contributed by atoms with Gasteiger partial charge in [-0.2, -0.15) is 0 Å². The summed E-state index contributed by atoms with van der Waals surface area (Å²) in [4.78, 5) is 22.6. The van der Waals surface area contributed by atoms with Crippen LogP contribution in [0.3, 0.4) is 0 Å². The number of aliphatic hydroxyl groups is 1. The molecule has 1 N–H and O–H groups in total. The molecule has 0 heterocycles. The minimum Gasteiger partial charge on any atom is -0.466 e. The highest BCUT2D eigenvalue weighted by Crippen LogP contribution is 2.15. The standard InChI is InChI=1S/C12H22O5/c1-4-16-11(14)8-6-7-10(9(3)13)12(15)17-5-2/h9-10,13H,4-8H2,1-3H3/t9-,10-/m0/s1. The van der Waals surface area contributed by atoms with E-state index in [1.54, 1.807) is 20.8 Å². The zero-order valence-corrected chi connectivity index (χ0v) is 10.8. The number of esters is 2. The summed E-state index contributed by atoms with van der Waals surface area (Å²) >= 11 is 0. The zero-order valence-electron chi connectivity index (χ0n) is 10.8. The molecular formula is C12H22O5. The fourth-order valence-corrected chi connectivity index (χ4v) is 1.50. The minimum atomic E-state index is -0.767. The topological polar surface area (TPSA) is 72.8 Å². The Hall–Kier alpha value is -1.10. The van der Waals surface area contributed by atoms with Crippen molar-refractivity contribution >= 4 is 11.9 Å². The minimum absolute atomic E-state index is 0.260. The summed E-state index contributed by atoms with van der Waals surface area (Å²) in [5, 5.41) is 9.46. The van der Waals surface area contributed by atoms with Gasteiger partial charge < -0.3 is 14.6 Å². The molecule has 0 saturated heterocycles. The number of carbonyl (C=O) groups excluding carboxylic acids is 2. The SMILES string of the molecule is CCOC(=O)CCC[C@H](C(=O)OCC)[C@H](C)O. The van der Waals surface area contributed by atoms with E-state index in [0.717, 1.165) is 0 Å². The zero-order chi connectivity index (χ0) is 13.3. The van der Waals surface area contributed by atoms with Crippen molar-refractivity contribution in [1.29, 1.82) is 0 Å². The molecule has 5 heteroatoms. The van der Waals surface area contributed by atoms with Crippen molar-refractivity contribution in [2.24, 2.45) is 5.92 Å². The van der Waals surface area contributed by atoms with Crippen LogP contribution in [0.4, 0.5) is 0 Å². The summed E-state index contributed by atoms with van der Waals surface area (Å²) in [5.74, 6) is -1.25. The van der Waals surface area contributed by atoms with Gasteiger partial charge in [-0.3, -0.25) is 9.59 Å². The van der Waals surface area contributed by atoms with Crippen molar-refractivity contribution in [3.8, 4) is 0 Å². The molecule has 0 unspecified atom stereocenters. The molecule has 5 nitrogen and oxygen atoms in total. The predicted octanol–water partition coefficient (Wildman–Crippen LogP) is 1.28. The summed E-state index contributed by atoms with van der Waals surface area (Å²) < 4.78 is 9.63. The Morgan fingerprint density at radius 1 is 1.18 bits per heavy atom. The summed E-state index contributed by atoms with van der Waals surface area (Å²) in [6, 6.07) is 0. The average Bonchev–Trinajstić information content (AvgIpc) is 2.24. The summed E-state index contributed by atoms with van der Waals surface area (Å²) in [6.45, 7) is 5.66. The van der Waals surface area contributed by atoms with Gasteiger partial charge in [-0.15, -0.1) is 0 Å². The van der Waals surface area contributed by atoms with E-state index in [2.05, 4.69) is 0 Å². The van der Waals surface area contributed by atoms with Crippen LogP contribution in [-0.4, -0.2) is 36.4 Å². The lowest BCUT2D eigenvalue weighted by atomic mass is 9.97. The molecule has 0 rings (SSSR count). The Kier molecular flexibility index (Phi) is 8.40. The molecule has 17 heavy (non-hydrogen) atoms. The number of ether oxygens (including phenoxy) is 2. The Bertz CT molecular complexity index is 237. The van der Waals surface area contributed by atoms with E-state index >= 15 is 0 Å². The third kappa shape index (κ3) is 6.94. The predicted molar refractivity (Wildman–Crippen MR) is 62.3 cm³/mol. The highest BCUT2D eigenvalue weighted by molar-refractivity contribution is 5.73. The quantitative estimate of drug-likeness (QED) is 0.653. The molecule has 0 fully saturated rings. The molecule has 0 aliphatic carbocycles. The van der Waals surface area contributed by atoms with Gasteiger partial charge in [0.15, 0.2) is 0 Å². The molecule has 0 saturated carbocycles. The highest BCUT2D eigenvalue weighted by atomic mass is 16.5. The molecular weight excluding hydrogens is 224 g/mol. The van der Waals surface area contributed by atoms with Gasteiger partial charge in [0.2, 0.25) is 0 Å². The monoisotopic (exact) mass is 246 g/mol. The molecule has 0 aliphatic rings. The average molecular weight is 246 g/mol. The number of hydrogen-bond acceptors (Lipinski definition) is 5. The van der Waals surface area contributed by atoms with Crippen molar-refractivity contribution < 1.29 is 24.2 Å². The van der Waals surface area contributed by atoms with Crippen molar-refractivity contribution in [2.75, 3.05) is 13.2 Å². The second-order valence-corrected chi connectivity index (χ2v) is 3.80. The molecule has 0 aromatic rings. The molecule has 0 amide bonds. The Morgan fingerprint density at radius 2 is 1.76 bits per heavy atom. The largest absolute Gasteiger partial charge is 0.466 e. The molecule has 100 valence electrons. The van der Waals surface area contributed by atoms with Gasteiger partial charge in [0.1, 0.15) is 0 Å². The van der Waals surface area contributed by atoms with Crippen molar-refractivity contribution in [2.45, 2.75) is 46.1 Å². The van der Waals surface area contributed by atoms with Crippen LogP contribution < -0.4 is 0 Å². The normalized spacial score (nSPS) is 13.9. The van der Waals surface area contributed by atoms with Gasteiger partial charge in [0.05, 0.1) is 25.2 Å². The van der Waals surface area contributed by atoms with E-state index in [1.807, 2.05) is 0 Å². The lowest BCUT2D eigenvalue weighted by molar-refractivity contribution is -0.152. The third-order valence-electron chi connectivity index (χ3n) is 2.37. The first-order valence-electron chi connectivity index (χ1n) is 6.03. The first-order chi connectivity index (χ1) is 8.02. The van der Waals surface area contributed by atoms with Crippen LogP contribution in [0, 0.1) is 5.92 Å². The van der Waals surface area contributed by atoms with Crippen molar-refractivity contribution in [3.63, 3.8) is 0 Å².